The van der Waals surface area contributed by atoms with Crippen LogP contribution in [-0.2, 0) is 0 Å². The van der Waals surface area contributed by atoms with Crippen molar-refractivity contribution in [2.75, 3.05) is 12.4 Å². The van der Waals surface area contributed by atoms with Crippen molar-refractivity contribution in [3.63, 3.8) is 0 Å². The third-order valence-corrected chi connectivity index (χ3v) is 3.44. The van der Waals surface area contributed by atoms with Crippen molar-refractivity contribution >= 4 is 11.6 Å². The number of pyridine rings is 1. The molecule has 0 saturated carbocycles. The molecule has 0 unspecified atom stereocenters. The summed E-state index contributed by atoms with van der Waals surface area (Å²) in [6, 6.07) is 18.8. The molecule has 2 aromatic carbocycles. The van der Waals surface area contributed by atoms with Gasteiger partial charge in [-0.2, -0.15) is 0 Å². The molecule has 0 aliphatic rings. The number of methoxy groups -OCH3 is 1. The number of anilines is 1. The van der Waals surface area contributed by atoms with E-state index in [1.807, 2.05) is 60.7 Å². The van der Waals surface area contributed by atoms with E-state index in [1.54, 1.807) is 19.5 Å². The molecule has 3 rings (SSSR count). The van der Waals surface area contributed by atoms with Crippen LogP contribution >= 0.6 is 0 Å². The van der Waals surface area contributed by atoms with Gasteiger partial charge in [-0.25, -0.2) is 0 Å². The number of aromatic nitrogens is 1. The zero-order chi connectivity index (χ0) is 16.1. The number of carbonyl (C=O) groups is 1. The van der Waals surface area contributed by atoms with Gasteiger partial charge in [-0.15, -0.1) is 0 Å². The van der Waals surface area contributed by atoms with Crippen molar-refractivity contribution in [2.45, 2.75) is 0 Å². The minimum Gasteiger partial charge on any atom is -0.497 e. The van der Waals surface area contributed by atoms with Crippen LogP contribution in [0.2, 0.25) is 0 Å². The monoisotopic (exact) mass is 304 g/mol. The Labute approximate surface area is 134 Å². The molecule has 1 N–H and O–H groups in total. The lowest BCUT2D eigenvalue weighted by Crippen LogP contribution is -2.12. The standard InChI is InChI=1S/C19H16N2O2/c1-23-18-9-5-6-14(11-18)15-10-16(13-20-12-15)19(22)21-17-7-3-2-4-8-17/h2-13H,1H3,(H,21,22). The van der Waals surface area contributed by atoms with Crippen LogP contribution in [0.5, 0.6) is 5.75 Å². The van der Waals surface area contributed by atoms with E-state index >= 15 is 0 Å². The molecule has 0 saturated heterocycles. The normalized spacial score (nSPS) is 10.1. The summed E-state index contributed by atoms with van der Waals surface area (Å²) in [5.41, 5.74) is 3.08. The first-order valence-corrected chi connectivity index (χ1v) is 7.22. The molecule has 1 heterocycles. The predicted octanol–water partition coefficient (Wildman–Crippen LogP) is 4.01. The summed E-state index contributed by atoms with van der Waals surface area (Å²) in [6.45, 7) is 0. The molecular formula is C19H16N2O2. The number of hydrogen-bond acceptors (Lipinski definition) is 3. The lowest BCUT2D eigenvalue weighted by molar-refractivity contribution is 0.102. The van der Waals surface area contributed by atoms with Gasteiger partial charge in [0, 0.05) is 23.6 Å². The molecule has 114 valence electrons. The molecule has 4 nitrogen and oxygen atoms in total. The van der Waals surface area contributed by atoms with Crippen LogP contribution in [-0.4, -0.2) is 18.0 Å². The van der Waals surface area contributed by atoms with E-state index in [2.05, 4.69) is 10.3 Å². The van der Waals surface area contributed by atoms with Crippen LogP contribution in [0.1, 0.15) is 10.4 Å². The SMILES string of the molecule is COc1cccc(-c2cncc(C(=O)Nc3ccccc3)c2)c1. The van der Waals surface area contributed by atoms with E-state index in [9.17, 15) is 4.79 Å². The number of amides is 1. The summed E-state index contributed by atoms with van der Waals surface area (Å²) >= 11 is 0. The molecule has 0 fully saturated rings. The van der Waals surface area contributed by atoms with Crippen molar-refractivity contribution in [1.29, 1.82) is 0 Å². The maximum Gasteiger partial charge on any atom is 0.257 e. The van der Waals surface area contributed by atoms with Crippen LogP contribution in [0, 0.1) is 0 Å². The van der Waals surface area contributed by atoms with Crippen molar-refractivity contribution < 1.29 is 9.53 Å². The molecule has 0 radical (unpaired) electrons. The van der Waals surface area contributed by atoms with E-state index in [-0.39, 0.29) is 5.91 Å². The molecule has 0 aliphatic heterocycles. The summed E-state index contributed by atoms with van der Waals surface area (Å²) < 4.78 is 5.23. The maximum absolute atomic E-state index is 12.3. The van der Waals surface area contributed by atoms with Crippen molar-refractivity contribution in [3.05, 3.63) is 78.6 Å². The van der Waals surface area contributed by atoms with Crippen LogP contribution in [0.4, 0.5) is 5.69 Å². The summed E-state index contributed by atoms with van der Waals surface area (Å²) in [6.07, 6.45) is 3.29. The molecule has 3 aromatic rings. The summed E-state index contributed by atoms with van der Waals surface area (Å²) in [5.74, 6) is 0.579. The Morgan fingerprint density at radius 1 is 0.957 bits per heavy atom. The highest BCUT2D eigenvalue weighted by atomic mass is 16.5. The van der Waals surface area contributed by atoms with Gasteiger partial charge in [0.25, 0.3) is 5.91 Å². The fourth-order valence-electron chi connectivity index (χ4n) is 2.25. The fourth-order valence-corrected chi connectivity index (χ4v) is 2.25. The lowest BCUT2D eigenvalue weighted by atomic mass is 10.1. The van der Waals surface area contributed by atoms with Gasteiger partial charge < -0.3 is 10.1 Å². The van der Waals surface area contributed by atoms with E-state index < -0.39 is 0 Å². The number of hydrogen-bond donors (Lipinski definition) is 1. The van der Waals surface area contributed by atoms with Crippen LogP contribution in [0.3, 0.4) is 0 Å². The van der Waals surface area contributed by atoms with Gasteiger partial charge >= 0.3 is 0 Å². The molecule has 23 heavy (non-hydrogen) atoms. The minimum absolute atomic E-state index is 0.187. The highest BCUT2D eigenvalue weighted by Crippen LogP contribution is 2.24. The Balaban J connectivity index is 1.86. The number of benzene rings is 2. The number of ether oxygens (including phenoxy) is 1. The minimum atomic E-state index is -0.187. The number of nitrogens with one attached hydrogen (secondary N) is 1. The number of rotatable bonds is 4. The van der Waals surface area contributed by atoms with Gasteiger partial charge in [-0.3, -0.25) is 9.78 Å². The Morgan fingerprint density at radius 2 is 1.78 bits per heavy atom. The molecule has 4 heteroatoms. The summed E-state index contributed by atoms with van der Waals surface area (Å²) in [4.78, 5) is 16.5. The molecule has 0 bridgehead atoms. The Bertz CT molecular complexity index is 816. The molecule has 1 amide bonds. The van der Waals surface area contributed by atoms with E-state index in [4.69, 9.17) is 4.74 Å². The van der Waals surface area contributed by atoms with Gasteiger partial charge in [0.1, 0.15) is 5.75 Å². The molecule has 0 atom stereocenters. The maximum atomic E-state index is 12.3. The van der Waals surface area contributed by atoms with Gasteiger partial charge in [-0.1, -0.05) is 30.3 Å². The van der Waals surface area contributed by atoms with Gasteiger partial charge in [0.2, 0.25) is 0 Å². The topological polar surface area (TPSA) is 51.2 Å². The predicted molar refractivity (Wildman–Crippen MR) is 90.6 cm³/mol. The Kier molecular flexibility index (Phi) is 4.34. The molecule has 1 aromatic heterocycles. The van der Waals surface area contributed by atoms with Crippen molar-refractivity contribution in [3.8, 4) is 16.9 Å². The second-order valence-corrected chi connectivity index (χ2v) is 5.01. The van der Waals surface area contributed by atoms with E-state index in [0.29, 0.717) is 5.56 Å². The summed E-state index contributed by atoms with van der Waals surface area (Å²) in [5, 5.41) is 2.86. The number of para-hydroxylation sites is 1. The number of nitrogens with zero attached hydrogens (tertiary/aromatic N) is 1. The fraction of sp³-hybridized carbons (Fsp3) is 0.0526. The van der Waals surface area contributed by atoms with Crippen molar-refractivity contribution in [2.24, 2.45) is 0 Å². The first-order valence-electron chi connectivity index (χ1n) is 7.22. The Morgan fingerprint density at radius 3 is 2.57 bits per heavy atom. The zero-order valence-corrected chi connectivity index (χ0v) is 12.7. The third kappa shape index (κ3) is 3.55. The first-order chi connectivity index (χ1) is 11.3. The smallest absolute Gasteiger partial charge is 0.257 e. The number of carbonyl (C=O) groups excluding carboxylic acids is 1. The van der Waals surface area contributed by atoms with Gasteiger partial charge in [0.05, 0.1) is 12.7 Å². The third-order valence-electron chi connectivity index (χ3n) is 3.44. The highest BCUT2D eigenvalue weighted by Gasteiger charge is 2.09. The van der Waals surface area contributed by atoms with Crippen LogP contribution < -0.4 is 10.1 Å². The quantitative estimate of drug-likeness (QED) is 0.792. The van der Waals surface area contributed by atoms with E-state index in [0.717, 1.165) is 22.6 Å². The summed E-state index contributed by atoms with van der Waals surface area (Å²) in [7, 11) is 1.63. The largest absolute Gasteiger partial charge is 0.497 e. The van der Waals surface area contributed by atoms with Crippen molar-refractivity contribution in [1.82, 2.24) is 4.98 Å². The molecule has 0 spiro atoms. The van der Waals surface area contributed by atoms with Gasteiger partial charge in [0.15, 0.2) is 0 Å². The van der Waals surface area contributed by atoms with Crippen LogP contribution in [0.25, 0.3) is 11.1 Å². The second-order valence-electron chi connectivity index (χ2n) is 5.01. The second kappa shape index (κ2) is 6.75. The van der Waals surface area contributed by atoms with Crippen LogP contribution in [0.15, 0.2) is 73.1 Å². The Hall–Kier alpha value is -3.14. The average Bonchev–Trinajstić information content (AvgIpc) is 2.63. The molecule has 0 aliphatic carbocycles. The first kappa shape index (κ1) is 14.8. The van der Waals surface area contributed by atoms with Gasteiger partial charge in [-0.05, 0) is 35.9 Å². The van der Waals surface area contributed by atoms with E-state index in [1.165, 1.54) is 0 Å². The zero-order valence-electron chi connectivity index (χ0n) is 12.7. The average molecular weight is 304 g/mol. The highest BCUT2D eigenvalue weighted by molar-refractivity contribution is 6.04. The molecular weight excluding hydrogens is 288 g/mol. The lowest BCUT2D eigenvalue weighted by Gasteiger charge is -2.08.